The van der Waals surface area contributed by atoms with Gasteiger partial charge in [-0.15, -0.1) is 0 Å². The fraction of sp³-hybridized carbons (Fsp3) is 0.0588. The van der Waals surface area contributed by atoms with E-state index in [-0.39, 0.29) is 11.8 Å². The van der Waals surface area contributed by atoms with Gasteiger partial charge in [0.25, 0.3) is 0 Å². The first-order chi connectivity index (χ1) is 46.0. The van der Waals surface area contributed by atoms with Gasteiger partial charge < -0.3 is 19.3 Å². The van der Waals surface area contributed by atoms with Crippen LogP contribution in [-0.4, -0.2) is 16.1 Å². The highest BCUT2D eigenvalue weighted by molar-refractivity contribution is 7.23. The minimum Gasteiger partial charge on any atom is -0.458 e. The summed E-state index contributed by atoms with van der Waals surface area (Å²) in [6.07, 6.45) is 2.84. The highest BCUT2D eigenvalue weighted by Crippen LogP contribution is 2.65. The number of para-hydroxylation sites is 4. The Hall–Kier alpha value is -11.5. The van der Waals surface area contributed by atoms with Crippen LogP contribution >= 0.6 is 0 Å². The van der Waals surface area contributed by atoms with Gasteiger partial charge in [-0.3, -0.25) is 0 Å². The molecule has 436 valence electrons. The van der Waals surface area contributed by atoms with Crippen molar-refractivity contribution in [3.05, 3.63) is 319 Å². The van der Waals surface area contributed by atoms with Gasteiger partial charge >= 0.3 is 0 Å². The Kier molecular flexibility index (Phi) is 11.8. The monoisotopic (exact) mass is 1220 g/mol. The van der Waals surface area contributed by atoms with Crippen LogP contribution in [0.3, 0.4) is 0 Å². The summed E-state index contributed by atoms with van der Waals surface area (Å²) in [5.41, 5.74) is 17.4. The molecule has 4 aliphatic heterocycles. The van der Waals surface area contributed by atoms with Crippen molar-refractivity contribution in [1.82, 2.24) is 0 Å². The summed E-state index contributed by atoms with van der Waals surface area (Å²) in [6, 6.07) is 109. The van der Waals surface area contributed by atoms with Crippen molar-refractivity contribution in [1.29, 1.82) is 5.26 Å². The maximum absolute atomic E-state index is 12.8. The summed E-state index contributed by atoms with van der Waals surface area (Å²) < 4.78 is 14.2. The standard InChI is InChI=1S/C85H56N4O2Si2/c1-87-83-82-63-39-38-62(48-63)81(82)64(53-86)84(88-65-44-40-58(54-22-6-2-7-23-54)49-77(65)92(78-50-59(41-45-66(78)88)55-24-8-3-9-25-55)73-34-18-14-30-69(73)90-70-31-15-19-35-74(70)92)85(83)89-67-46-42-60(56-26-10-4-11-27-56)51-79(67)93(80-52-61(43-47-68(80)89)57-28-12-5-13-29-57)75-36-20-16-32-71(75)91-72-33-17-21-37-76(72)93/h2-37,40-47,49-52,62-63H,38-39,48H2. The topological polar surface area (TPSA) is 53.1 Å². The van der Waals surface area contributed by atoms with E-state index in [1.807, 2.05) is 0 Å². The van der Waals surface area contributed by atoms with Crippen LogP contribution in [0.2, 0.25) is 0 Å². The molecule has 0 saturated heterocycles. The average Bonchev–Trinajstić information content (AvgIpc) is 1.23. The maximum atomic E-state index is 12.8. The molecule has 2 unspecified atom stereocenters. The molecule has 13 aromatic carbocycles. The molecular weight excluding hydrogens is 1170 g/mol. The summed E-state index contributed by atoms with van der Waals surface area (Å²) in [5, 5.41) is 22.1. The van der Waals surface area contributed by atoms with Crippen LogP contribution in [0.15, 0.2) is 291 Å². The molecule has 2 bridgehead atoms. The van der Waals surface area contributed by atoms with E-state index in [2.05, 4.69) is 307 Å². The van der Waals surface area contributed by atoms with E-state index in [1.54, 1.807) is 0 Å². The molecule has 4 heterocycles. The number of rotatable bonds is 6. The second-order valence-corrected chi connectivity index (χ2v) is 32.7. The molecule has 1 fully saturated rings. The summed E-state index contributed by atoms with van der Waals surface area (Å²) in [7, 11) is -7.02. The first kappa shape index (κ1) is 53.3. The minimum absolute atomic E-state index is 0.126. The number of anilines is 6. The Morgan fingerprint density at radius 2 is 0.645 bits per heavy atom. The lowest BCUT2D eigenvalue weighted by molar-refractivity contribution is 0.487. The first-order valence-corrected chi connectivity index (χ1v) is 36.2. The zero-order valence-corrected chi connectivity index (χ0v) is 52.6. The largest absolute Gasteiger partial charge is 0.458 e. The third-order valence-electron chi connectivity index (χ3n) is 21.0. The third-order valence-corrected chi connectivity index (χ3v) is 30.7. The molecule has 0 N–H and O–H groups in total. The van der Waals surface area contributed by atoms with Gasteiger partial charge in [-0.25, -0.2) is 4.85 Å². The Balaban J connectivity index is 0.997. The molecule has 6 nitrogen and oxygen atoms in total. The highest BCUT2D eigenvalue weighted by atomic mass is 28.3. The number of fused-ring (bicyclic) bond motifs is 21. The highest BCUT2D eigenvalue weighted by Gasteiger charge is 2.58. The van der Waals surface area contributed by atoms with Crippen molar-refractivity contribution in [2.75, 3.05) is 9.80 Å². The minimum atomic E-state index is -3.51. The maximum Gasteiger partial charge on any atom is 0.216 e. The third kappa shape index (κ3) is 7.48. The van der Waals surface area contributed by atoms with Crippen molar-refractivity contribution in [3.63, 3.8) is 0 Å². The molecule has 0 amide bonds. The predicted octanol–water partition coefficient (Wildman–Crippen LogP) is 16.7. The van der Waals surface area contributed by atoms with Gasteiger partial charge in [0.2, 0.25) is 5.69 Å². The van der Waals surface area contributed by atoms with Gasteiger partial charge in [0.1, 0.15) is 29.1 Å². The van der Waals surface area contributed by atoms with Crippen LogP contribution in [0.1, 0.15) is 47.8 Å². The summed E-state index contributed by atoms with van der Waals surface area (Å²) in [5.74, 6) is 3.61. The molecule has 0 radical (unpaired) electrons. The summed E-state index contributed by atoms with van der Waals surface area (Å²) >= 11 is 0. The van der Waals surface area contributed by atoms with Crippen molar-refractivity contribution in [2.45, 2.75) is 31.1 Å². The van der Waals surface area contributed by atoms with Gasteiger partial charge in [-0.05, 0) is 177 Å². The van der Waals surface area contributed by atoms with E-state index >= 15 is 0 Å². The normalized spacial score (nSPS) is 16.3. The number of benzene rings is 13. The quantitative estimate of drug-likeness (QED) is 0.123. The molecule has 2 aliphatic carbocycles. The van der Waals surface area contributed by atoms with Crippen molar-refractivity contribution < 1.29 is 9.47 Å². The molecule has 19 rings (SSSR count). The molecule has 2 spiro atoms. The first-order valence-electron chi connectivity index (χ1n) is 32.2. The van der Waals surface area contributed by atoms with Gasteiger partial charge in [-0.2, -0.15) is 5.26 Å². The second-order valence-electron chi connectivity index (χ2n) is 25.4. The Morgan fingerprint density at radius 1 is 0.344 bits per heavy atom. The van der Waals surface area contributed by atoms with Gasteiger partial charge in [0, 0.05) is 22.7 Å². The average molecular weight is 1220 g/mol. The molecule has 2 atom stereocenters. The van der Waals surface area contributed by atoms with Crippen LogP contribution in [0.5, 0.6) is 23.0 Å². The van der Waals surface area contributed by atoms with Gasteiger partial charge in [0.05, 0.1) is 23.5 Å². The van der Waals surface area contributed by atoms with Crippen molar-refractivity contribution >= 4 is 97.5 Å². The Bertz CT molecular complexity index is 4780. The molecule has 0 aromatic heterocycles. The fourth-order valence-corrected chi connectivity index (χ4v) is 28.0. The smallest absolute Gasteiger partial charge is 0.216 e. The van der Waals surface area contributed by atoms with E-state index in [4.69, 9.17) is 14.3 Å². The predicted molar refractivity (Wildman–Crippen MR) is 382 cm³/mol. The molecule has 6 aliphatic rings. The van der Waals surface area contributed by atoms with Crippen LogP contribution in [0, 0.1) is 17.9 Å². The number of hydrogen-bond donors (Lipinski definition) is 0. The second kappa shape index (κ2) is 20.5. The van der Waals surface area contributed by atoms with Gasteiger partial charge in [-0.1, -0.05) is 243 Å². The van der Waals surface area contributed by atoms with Crippen LogP contribution in [0.25, 0.3) is 49.4 Å². The van der Waals surface area contributed by atoms with Crippen LogP contribution in [0.4, 0.5) is 39.8 Å². The lowest BCUT2D eigenvalue weighted by Crippen LogP contribution is -2.78. The number of nitrogens with zero attached hydrogens (tertiary/aromatic N) is 4. The Labute approximate surface area is 542 Å². The number of hydrogen-bond acceptors (Lipinski definition) is 5. The molecular formula is C85H56N4O2Si2. The molecule has 93 heavy (non-hydrogen) atoms. The lowest BCUT2D eigenvalue weighted by Gasteiger charge is -2.50. The number of nitriles is 1. The Morgan fingerprint density at radius 3 is 0.968 bits per heavy atom. The lowest BCUT2D eigenvalue weighted by atomic mass is 9.84. The van der Waals surface area contributed by atoms with E-state index in [0.717, 1.165) is 147 Å². The van der Waals surface area contributed by atoms with E-state index in [9.17, 15) is 11.8 Å². The zero-order valence-electron chi connectivity index (χ0n) is 50.6. The van der Waals surface area contributed by atoms with Crippen LogP contribution < -0.4 is 60.8 Å². The SMILES string of the molecule is [C-]#[N+]c1c2c(c(C#N)c(N3c4ccc(-c5ccccc5)cc4[Si]4(c5ccccc5Oc5ccccc54)c4cc(-c5ccccc5)ccc43)c1N1c3ccc(-c4ccccc4)cc3[Si]3(c4ccccc4Oc4ccccc43)c3cc(-c4ccccc4)ccc31)C1CCC2C1. The molecule has 13 aromatic rings. The molecule has 8 heteroatoms. The summed E-state index contributed by atoms with van der Waals surface area (Å²) in [6.45, 7) is 9.97. The van der Waals surface area contributed by atoms with E-state index < -0.39 is 16.1 Å². The number of ether oxygens (including phenoxy) is 2. The molecule has 1 saturated carbocycles. The van der Waals surface area contributed by atoms with Gasteiger partial charge in [0.15, 0.2) is 16.1 Å². The zero-order chi connectivity index (χ0) is 61.5. The van der Waals surface area contributed by atoms with Crippen molar-refractivity contribution in [3.8, 4) is 73.6 Å². The van der Waals surface area contributed by atoms with Crippen molar-refractivity contribution in [2.24, 2.45) is 0 Å². The van der Waals surface area contributed by atoms with Crippen LogP contribution in [-0.2, 0) is 0 Å². The fourth-order valence-electron chi connectivity index (χ4n) is 17.3. The van der Waals surface area contributed by atoms with E-state index in [0.29, 0.717) is 16.9 Å². The van der Waals surface area contributed by atoms with E-state index in [1.165, 1.54) is 20.7 Å². The summed E-state index contributed by atoms with van der Waals surface area (Å²) in [4.78, 5) is 9.85.